The average Bonchev–Trinajstić information content (AvgIpc) is 3.08. The fourth-order valence-electron chi connectivity index (χ4n) is 1.98. The predicted octanol–water partition coefficient (Wildman–Crippen LogP) is 2.28. The number of H-pyrrole nitrogens is 1. The van der Waals surface area contributed by atoms with E-state index in [1.54, 1.807) is 6.20 Å². The van der Waals surface area contributed by atoms with Gasteiger partial charge in [0, 0.05) is 18.7 Å². The lowest BCUT2D eigenvalue weighted by Gasteiger charge is -2.00. The summed E-state index contributed by atoms with van der Waals surface area (Å²) in [4.78, 5) is 0. The normalized spacial score (nSPS) is 11.2. The molecule has 1 N–H and O–H groups in total. The third-order valence-electron chi connectivity index (χ3n) is 2.91. The average molecular weight is 337 g/mol. The van der Waals surface area contributed by atoms with Crippen LogP contribution in [0, 0.1) is 13.8 Å². The van der Waals surface area contributed by atoms with Crippen LogP contribution in [0.2, 0.25) is 0 Å². The number of nitrogens with one attached hydrogen (secondary N) is 1. The van der Waals surface area contributed by atoms with E-state index in [0.717, 1.165) is 15.9 Å². The fourth-order valence-corrected chi connectivity index (χ4v) is 2.34. The Morgan fingerprint density at radius 2 is 2.20 bits per heavy atom. The van der Waals surface area contributed by atoms with E-state index in [1.807, 2.05) is 24.6 Å². The molecule has 104 valence electrons. The smallest absolute Gasteiger partial charge is 0.266 e. The summed E-state index contributed by atoms with van der Waals surface area (Å²) in [6.07, 6.45) is 2.29. The molecule has 20 heavy (non-hydrogen) atoms. The first-order valence-corrected chi connectivity index (χ1v) is 6.95. The van der Waals surface area contributed by atoms with Gasteiger partial charge < -0.3 is 4.42 Å². The number of rotatable bonds is 4. The molecule has 7 nitrogen and oxygen atoms in total. The van der Waals surface area contributed by atoms with Gasteiger partial charge in [0.25, 0.3) is 5.89 Å². The van der Waals surface area contributed by atoms with Crippen molar-refractivity contribution in [3.8, 4) is 11.6 Å². The van der Waals surface area contributed by atoms with Crippen LogP contribution < -0.4 is 0 Å². The minimum atomic E-state index is 0.428. The van der Waals surface area contributed by atoms with Gasteiger partial charge in [-0.25, -0.2) is 0 Å². The van der Waals surface area contributed by atoms with Crippen molar-refractivity contribution in [3.63, 3.8) is 0 Å². The molecular weight excluding hydrogens is 324 g/mol. The standard InChI is InChI=1S/C12H13BrN6O/c1-7-5-8(2)19(18-7)4-3-10-15-17-12(20-10)11-9(13)6-14-16-11/h5-6H,3-4H2,1-2H3,(H,14,16). The van der Waals surface area contributed by atoms with Gasteiger partial charge in [0.05, 0.1) is 16.4 Å². The van der Waals surface area contributed by atoms with Crippen molar-refractivity contribution in [1.82, 2.24) is 30.2 Å². The molecule has 0 aliphatic rings. The Kier molecular flexibility index (Phi) is 3.39. The number of halogens is 1. The highest BCUT2D eigenvalue weighted by Crippen LogP contribution is 2.24. The van der Waals surface area contributed by atoms with Crippen LogP contribution in [0.1, 0.15) is 17.3 Å². The fraction of sp³-hybridized carbons (Fsp3) is 0.333. The first kappa shape index (κ1) is 13.0. The maximum Gasteiger partial charge on any atom is 0.266 e. The van der Waals surface area contributed by atoms with Crippen LogP contribution >= 0.6 is 15.9 Å². The van der Waals surface area contributed by atoms with E-state index in [4.69, 9.17) is 4.42 Å². The van der Waals surface area contributed by atoms with Crippen molar-refractivity contribution in [3.05, 3.63) is 34.0 Å². The molecule has 3 aromatic heterocycles. The first-order valence-electron chi connectivity index (χ1n) is 6.16. The van der Waals surface area contributed by atoms with E-state index < -0.39 is 0 Å². The number of hydrogen-bond acceptors (Lipinski definition) is 5. The predicted molar refractivity (Wildman–Crippen MR) is 75.0 cm³/mol. The molecule has 3 heterocycles. The minimum absolute atomic E-state index is 0.428. The number of nitrogens with zero attached hydrogens (tertiary/aromatic N) is 5. The van der Waals surface area contributed by atoms with Gasteiger partial charge in [0.1, 0.15) is 5.69 Å². The number of aromatic nitrogens is 6. The third-order valence-corrected chi connectivity index (χ3v) is 3.52. The van der Waals surface area contributed by atoms with Crippen LogP contribution in [0.5, 0.6) is 0 Å². The Bertz CT molecular complexity index is 728. The van der Waals surface area contributed by atoms with Gasteiger partial charge in [-0.1, -0.05) is 0 Å². The summed E-state index contributed by atoms with van der Waals surface area (Å²) in [5.41, 5.74) is 2.82. The Labute approximate surface area is 123 Å². The highest BCUT2D eigenvalue weighted by atomic mass is 79.9. The molecule has 0 saturated heterocycles. The lowest BCUT2D eigenvalue weighted by Crippen LogP contribution is -2.05. The topological polar surface area (TPSA) is 85.4 Å². The lowest BCUT2D eigenvalue weighted by molar-refractivity contribution is 0.470. The van der Waals surface area contributed by atoms with Crippen molar-refractivity contribution >= 4 is 15.9 Å². The molecule has 0 aliphatic heterocycles. The SMILES string of the molecule is Cc1cc(C)n(CCc2nnc(-c3[nH]ncc3Br)o2)n1. The van der Waals surface area contributed by atoms with Crippen LogP contribution in [0.25, 0.3) is 11.6 Å². The summed E-state index contributed by atoms with van der Waals surface area (Å²) < 4.78 is 8.35. The number of aromatic amines is 1. The number of aryl methyl sites for hydroxylation is 4. The summed E-state index contributed by atoms with van der Waals surface area (Å²) in [5.74, 6) is 1.01. The molecule has 0 aliphatic carbocycles. The molecular formula is C12H13BrN6O. The molecule has 8 heteroatoms. The van der Waals surface area contributed by atoms with Crippen LogP contribution in [-0.2, 0) is 13.0 Å². The van der Waals surface area contributed by atoms with E-state index in [2.05, 4.69) is 41.4 Å². The van der Waals surface area contributed by atoms with E-state index in [1.165, 1.54) is 0 Å². The molecule has 0 saturated carbocycles. The zero-order valence-electron chi connectivity index (χ0n) is 11.1. The first-order chi connectivity index (χ1) is 9.63. The zero-order valence-corrected chi connectivity index (χ0v) is 12.7. The van der Waals surface area contributed by atoms with Crippen LogP contribution in [0.4, 0.5) is 0 Å². The Balaban J connectivity index is 1.72. The molecule has 0 atom stereocenters. The molecule has 0 spiro atoms. The maximum absolute atomic E-state index is 5.61. The summed E-state index contributed by atoms with van der Waals surface area (Å²) in [7, 11) is 0. The largest absolute Gasteiger partial charge is 0.419 e. The summed E-state index contributed by atoms with van der Waals surface area (Å²) >= 11 is 3.36. The maximum atomic E-state index is 5.61. The lowest BCUT2D eigenvalue weighted by atomic mass is 10.4. The van der Waals surface area contributed by atoms with Crippen molar-refractivity contribution in [2.75, 3.05) is 0 Å². The highest BCUT2D eigenvalue weighted by molar-refractivity contribution is 9.10. The van der Waals surface area contributed by atoms with Gasteiger partial charge in [-0.3, -0.25) is 9.78 Å². The van der Waals surface area contributed by atoms with Gasteiger partial charge in [0.2, 0.25) is 5.89 Å². The quantitative estimate of drug-likeness (QED) is 0.789. The molecule has 0 fully saturated rings. The monoisotopic (exact) mass is 336 g/mol. The van der Waals surface area contributed by atoms with Crippen LogP contribution in [0.3, 0.4) is 0 Å². The Hall–Kier alpha value is -1.96. The Morgan fingerprint density at radius 3 is 2.85 bits per heavy atom. The molecule has 3 rings (SSSR count). The van der Waals surface area contributed by atoms with E-state index in [0.29, 0.717) is 30.4 Å². The second-order valence-corrected chi connectivity index (χ2v) is 5.35. The van der Waals surface area contributed by atoms with Gasteiger partial charge in [-0.05, 0) is 35.8 Å². The molecule has 0 bridgehead atoms. The molecule has 0 radical (unpaired) electrons. The van der Waals surface area contributed by atoms with E-state index >= 15 is 0 Å². The second kappa shape index (κ2) is 5.20. The van der Waals surface area contributed by atoms with Gasteiger partial charge >= 0.3 is 0 Å². The second-order valence-electron chi connectivity index (χ2n) is 4.49. The zero-order chi connectivity index (χ0) is 14.1. The van der Waals surface area contributed by atoms with Crippen molar-refractivity contribution < 1.29 is 4.42 Å². The van der Waals surface area contributed by atoms with E-state index in [-0.39, 0.29) is 0 Å². The highest BCUT2D eigenvalue weighted by Gasteiger charge is 2.13. The van der Waals surface area contributed by atoms with Gasteiger partial charge in [-0.2, -0.15) is 10.2 Å². The van der Waals surface area contributed by atoms with Crippen LogP contribution in [-0.4, -0.2) is 30.2 Å². The van der Waals surface area contributed by atoms with Crippen LogP contribution in [0.15, 0.2) is 21.2 Å². The Morgan fingerprint density at radius 1 is 1.35 bits per heavy atom. The molecule has 3 aromatic rings. The minimum Gasteiger partial charge on any atom is -0.419 e. The van der Waals surface area contributed by atoms with Crippen molar-refractivity contribution in [2.45, 2.75) is 26.8 Å². The van der Waals surface area contributed by atoms with Crippen molar-refractivity contribution in [1.29, 1.82) is 0 Å². The molecule has 0 amide bonds. The third kappa shape index (κ3) is 2.51. The summed E-state index contributed by atoms with van der Waals surface area (Å²) in [6.45, 7) is 4.72. The molecule has 0 aromatic carbocycles. The van der Waals surface area contributed by atoms with E-state index in [9.17, 15) is 0 Å². The summed E-state index contributed by atoms with van der Waals surface area (Å²) in [6, 6.07) is 2.04. The van der Waals surface area contributed by atoms with Crippen molar-refractivity contribution in [2.24, 2.45) is 0 Å². The van der Waals surface area contributed by atoms with Gasteiger partial charge in [0.15, 0.2) is 0 Å². The van der Waals surface area contributed by atoms with Gasteiger partial charge in [-0.15, -0.1) is 10.2 Å². The number of hydrogen-bond donors (Lipinski definition) is 1. The molecule has 0 unspecified atom stereocenters. The summed E-state index contributed by atoms with van der Waals surface area (Å²) in [5, 5.41) is 19.2.